The first-order chi connectivity index (χ1) is 8.80. The lowest BCUT2D eigenvalue weighted by molar-refractivity contribution is -0.0792. The van der Waals surface area contributed by atoms with Gasteiger partial charge in [0.2, 0.25) is 0 Å². The number of ether oxygens (including phenoxy) is 1. The highest BCUT2D eigenvalue weighted by Gasteiger charge is 2.39. The lowest BCUT2D eigenvalue weighted by Crippen LogP contribution is -2.54. The molecular formula is C15H30N2O. The fourth-order valence-corrected chi connectivity index (χ4v) is 3.52. The Morgan fingerprint density at radius 2 is 1.89 bits per heavy atom. The third-order valence-corrected chi connectivity index (χ3v) is 4.78. The molecule has 2 aliphatic carbocycles. The third-order valence-electron chi connectivity index (χ3n) is 4.78. The highest BCUT2D eigenvalue weighted by atomic mass is 16.5. The Morgan fingerprint density at radius 1 is 1.22 bits per heavy atom. The predicted octanol–water partition coefficient (Wildman–Crippen LogP) is 3.14. The second-order valence-electron chi connectivity index (χ2n) is 6.15. The van der Waals surface area contributed by atoms with E-state index in [1.807, 2.05) is 0 Å². The van der Waals surface area contributed by atoms with Gasteiger partial charge in [0.25, 0.3) is 0 Å². The van der Waals surface area contributed by atoms with Gasteiger partial charge in [-0.25, -0.2) is 0 Å². The van der Waals surface area contributed by atoms with E-state index in [4.69, 9.17) is 10.6 Å². The molecule has 0 amide bonds. The fourth-order valence-electron chi connectivity index (χ4n) is 3.52. The zero-order valence-electron chi connectivity index (χ0n) is 11.9. The van der Waals surface area contributed by atoms with E-state index in [1.165, 1.54) is 64.2 Å². The minimum absolute atomic E-state index is 0.00882. The van der Waals surface area contributed by atoms with E-state index in [1.54, 1.807) is 0 Å². The van der Waals surface area contributed by atoms with E-state index in [0.717, 1.165) is 12.5 Å². The molecule has 0 radical (unpaired) electrons. The summed E-state index contributed by atoms with van der Waals surface area (Å²) >= 11 is 0. The maximum atomic E-state index is 6.21. The lowest BCUT2D eigenvalue weighted by Gasteiger charge is -2.40. The van der Waals surface area contributed by atoms with Crippen LogP contribution in [0.3, 0.4) is 0 Å². The third kappa shape index (κ3) is 3.69. The Kier molecular flexibility index (Phi) is 5.46. The van der Waals surface area contributed by atoms with E-state index < -0.39 is 0 Å². The van der Waals surface area contributed by atoms with Crippen molar-refractivity contribution in [1.82, 2.24) is 5.43 Å². The molecule has 0 aromatic heterocycles. The molecule has 2 rings (SSSR count). The molecule has 0 heterocycles. The molecule has 3 nitrogen and oxygen atoms in total. The van der Waals surface area contributed by atoms with Gasteiger partial charge in [-0.2, -0.15) is 0 Å². The Morgan fingerprint density at radius 3 is 2.39 bits per heavy atom. The maximum Gasteiger partial charge on any atom is 0.0848 e. The second kappa shape index (κ2) is 6.88. The molecule has 0 aromatic rings. The van der Waals surface area contributed by atoms with Crippen molar-refractivity contribution in [2.45, 2.75) is 82.8 Å². The summed E-state index contributed by atoms with van der Waals surface area (Å²) in [6.45, 7) is 2.92. The van der Waals surface area contributed by atoms with Gasteiger partial charge in [-0.15, -0.1) is 0 Å². The molecule has 3 N–H and O–H groups in total. The number of nitrogens with two attached hydrogens (primary N) is 1. The Labute approximate surface area is 112 Å². The smallest absolute Gasteiger partial charge is 0.0848 e. The highest BCUT2D eigenvalue weighted by Crippen LogP contribution is 2.38. The second-order valence-corrected chi connectivity index (χ2v) is 6.15. The van der Waals surface area contributed by atoms with Crippen molar-refractivity contribution < 1.29 is 4.74 Å². The average molecular weight is 254 g/mol. The van der Waals surface area contributed by atoms with E-state index >= 15 is 0 Å². The van der Waals surface area contributed by atoms with Gasteiger partial charge in [0.05, 0.1) is 11.6 Å². The van der Waals surface area contributed by atoms with Crippen LogP contribution in [0.2, 0.25) is 0 Å². The molecule has 0 aliphatic heterocycles. The summed E-state index contributed by atoms with van der Waals surface area (Å²) in [7, 11) is 0. The Bertz CT molecular complexity index is 233. The van der Waals surface area contributed by atoms with Crippen LogP contribution in [0.25, 0.3) is 0 Å². The molecule has 0 bridgehead atoms. The zero-order valence-corrected chi connectivity index (χ0v) is 11.9. The average Bonchev–Trinajstić information content (AvgIpc) is 3.18. The molecule has 106 valence electrons. The predicted molar refractivity (Wildman–Crippen MR) is 75.1 cm³/mol. The summed E-state index contributed by atoms with van der Waals surface area (Å²) in [6, 6.07) is 0.344. The van der Waals surface area contributed by atoms with Crippen LogP contribution in [0.1, 0.15) is 71.1 Å². The topological polar surface area (TPSA) is 47.3 Å². The van der Waals surface area contributed by atoms with E-state index in [0.29, 0.717) is 6.04 Å². The number of rotatable bonds is 7. The summed E-state index contributed by atoms with van der Waals surface area (Å²) in [6.07, 6.45) is 13.0. The SMILES string of the molecule is CCOC1(C(CCC2CC2)NN)CCCCCC1. The van der Waals surface area contributed by atoms with E-state index in [9.17, 15) is 0 Å². The van der Waals surface area contributed by atoms with Crippen molar-refractivity contribution >= 4 is 0 Å². The van der Waals surface area contributed by atoms with E-state index in [-0.39, 0.29) is 5.60 Å². The summed E-state index contributed by atoms with van der Waals surface area (Å²) in [5, 5.41) is 0. The summed E-state index contributed by atoms with van der Waals surface area (Å²) in [5.74, 6) is 6.82. The fraction of sp³-hybridized carbons (Fsp3) is 1.00. The summed E-state index contributed by atoms with van der Waals surface area (Å²) in [4.78, 5) is 0. The molecule has 18 heavy (non-hydrogen) atoms. The van der Waals surface area contributed by atoms with Crippen LogP contribution in [-0.2, 0) is 4.74 Å². The lowest BCUT2D eigenvalue weighted by atomic mass is 9.83. The van der Waals surface area contributed by atoms with Crippen LogP contribution >= 0.6 is 0 Å². The van der Waals surface area contributed by atoms with Crippen LogP contribution in [-0.4, -0.2) is 18.2 Å². The van der Waals surface area contributed by atoms with Crippen LogP contribution < -0.4 is 11.3 Å². The first-order valence-corrected chi connectivity index (χ1v) is 7.91. The Hall–Kier alpha value is -0.120. The van der Waals surface area contributed by atoms with Crippen molar-refractivity contribution in [3.63, 3.8) is 0 Å². The van der Waals surface area contributed by atoms with Crippen molar-refractivity contribution in [3.8, 4) is 0 Å². The van der Waals surface area contributed by atoms with Crippen molar-refractivity contribution in [1.29, 1.82) is 0 Å². The van der Waals surface area contributed by atoms with Crippen LogP contribution in [0.15, 0.2) is 0 Å². The summed E-state index contributed by atoms with van der Waals surface area (Å²) in [5.41, 5.74) is 3.09. The minimum atomic E-state index is 0.00882. The standard InChI is InChI=1S/C15H30N2O/c1-2-18-15(11-5-3-4-6-12-15)14(17-16)10-9-13-7-8-13/h13-14,17H,2-12,16H2,1H3. The molecule has 1 atom stereocenters. The number of hydrogen-bond acceptors (Lipinski definition) is 3. The monoisotopic (exact) mass is 254 g/mol. The van der Waals surface area contributed by atoms with Gasteiger partial charge < -0.3 is 4.74 Å². The van der Waals surface area contributed by atoms with Crippen molar-refractivity contribution in [2.24, 2.45) is 11.8 Å². The Balaban J connectivity index is 1.97. The highest BCUT2D eigenvalue weighted by molar-refractivity contribution is 4.94. The molecule has 2 saturated carbocycles. The van der Waals surface area contributed by atoms with Gasteiger partial charge in [0, 0.05) is 6.61 Å². The molecule has 0 spiro atoms. The van der Waals surface area contributed by atoms with Crippen LogP contribution in [0.4, 0.5) is 0 Å². The molecular weight excluding hydrogens is 224 g/mol. The van der Waals surface area contributed by atoms with Crippen LogP contribution in [0.5, 0.6) is 0 Å². The quantitative estimate of drug-likeness (QED) is 0.417. The normalized spacial score (nSPS) is 25.7. The number of nitrogens with one attached hydrogen (secondary N) is 1. The zero-order chi connectivity index (χ0) is 12.8. The van der Waals surface area contributed by atoms with Gasteiger partial charge in [0.15, 0.2) is 0 Å². The van der Waals surface area contributed by atoms with Gasteiger partial charge in [-0.05, 0) is 38.5 Å². The first kappa shape index (κ1) is 14.3. The van der Waals surface area contributed by atoms with Crippen molar-refractivity contribution in [2.75, 3.05) is 6.61 Å². The van der Waals surface area contributed by atoms with E-state index in [2.05, 4.69) is 12.3 Å². The number of hydrazine groups is 1. The molecule has 1 unspecified atom stereocenters. The van der Waals surface area contributed by atoms with Gasteiger partial charge in [-0.1, -0.05) is 38.5 Å². The first-order valence-electron chi connectivity index (χ1n) is 7.91. The number of hydrogen-bond donors (Lipinski definition) is 2. The molecule has 0 saturated heterocycles. The van der Waals surface area contributed by atoms with Crippen LogP contribution in [0, 0.1) is 5.92 Å². The van der Waals surface area contributed by atoms with Gasteiger partial charge in [0.1, 0.15) is 0 Å². The molecule has 2 fully saturated rings. The van der Waals surface area contributed by atoms with Gasteiger partial charge in [-0.3, -0.25) is 11.3 Å². The molecule has 0 aromatic carbocycles. The largest absolute Gasteiger partial charge is 0.374 e. The minimum Gasteiger partial charge on any atom is -0.374 e. The molecule has 2 aliphatic rings. The van der Waals surface area contributed by atoms with Crippen molar-refractivity contribution in [3.05, 3.63) is 0 Å². The molecule has 3 heteroatoms. The van der Waals surface area contributed by atoms with Gasteiger partial charge >= 0.3 is 0 Å². The summed E-state index contributed by atoms with van der Waals surface area (Å²) < 4.78 is 6.21. The maximum absolute atomic E-state index is 6.21.